The number of esters is 2. The molecule has 0 aliphatic rings. The maximum absolute atomic E-state index is 11.9. The van der Waals surface area contributed by atoms with Crippen molar-refractivity contribution in [2.45, 2.75) is 73.7 Å². The van der Waals surface area contributed by atoms with Crippen molar-refractivity contribution in [1.82, 2.24) is 0 Å². The number of ether oxygens (including phenoxy) is 6. The van der Waals surface area contributed by atoms with Gasteiger partial charge in [-0.3, -0.25) is 4.79 Å². The molecular formula is C19H38O9. The predicted molar refractivity (Wildman–Crippen MR) is 104 cm³/mol. The van der Waals surface area contributed by atoms with Crippen LogP contribution in [0.15, 0.2) is 0 Å². The summed E-state index contributed by atoms with van der Waals surface area (Å²) in [5.41, 5.74) is -1.19. The van der Waals surface area contributed by atoms with Crippen LogP contribution in [0, 0.1) is 0 Å². The van der Waals surface area contributed by atoms with Gasteiger partial charge in [0.1, 0.15) is 25.9 Å². The van der Waals surface area contributed by atoms with Gasteiger partial charge in [-0.15, -0.1) is 0 Å². The first-order chi connectivity index (χ1) is 12.6. The fourth-order valence-electron chi connectivity index (χ4n) is 1.38. The summed E-state index contributed by atoms with van der Waals surface area (Å²) in [6.45, 7) is 11.6. The van der Waals surface area contributed by atoms with Gasteiger partial charge in [-0.1, -0.05) is 21.3 Å². The molecule has 0 bridgehead atoms. The summed E-state index contributed by atoms with van der Waals surface area (Å²) >= 11 is 0. The van der Waals surface area contributed by atoms with Gasteiger partial charge in [-0.2, -0.15) is 0 Å². The van der Waals surface area contributed by atoms with Crippen molar-refractivity contribution in [3.05, 3.63) is 0 Å². The van der Waals surface area contributed by atoms with Crippen LogP contribution in [0.3, 0.4) is 0 Å². The Morgan fingerprint density at radius 3 is 1.93 bits per heavy atom. The fourth-order valence-corrected chi connectivity index (χ4v) is 1.38. The molecule has 2 atom stereocenters. The highest BCUT2D eigenvalue weighted by Gasteiger charge is 2.30. The Kier molecular flexibility index (Phi) is 19.0. The molecule has 0 heterocycles. The molecule has 0 N–H and O–H groups in total. The highest BCUT2D eigenvalue weighted by atomic mass is 16.7. The minimum atomic E-state index is -1.19. The van der Waals surface area contributed by atoms with Crippen molar-refractivity contribution in [3.8, 4) is 0 Å². The van der Waals surface area contributed by atoms with E-state index in [4.69, 9.17) is 28.4 Å². The van der Waals surface area contributed by atoms with Crippen LogP contribution in [-0.2, 0) is 38.0 Å². The van der Waals surface area contributed by atoms with Crippen LogP contribution in [0.25, 0.3) is 0 Å². The average molecular weight is 411 g/mol. The molecule has 0 saturated carbocycles. The zero-order valence-electron chi connectivity index (χ0n) is 17.7. The molecule has 0 aliphatic carbocycles. The summed E-state index contributed by atoms with van der Waals surface area (Å²) in [5, 5.41) is 0. The monoisotopic (exact) mass is 410 g/mol. The van der Waals surface area contributed by atoms with Gasteiger partial charge < -0.3 is 28.4 Å². The molecular weight excluding hydrogens is 372 g/mol. The average Bonchev–Trinajstić information content (AvgIpc) is 2.62. The van der Waals surface area contributed by atoms with E-state index in [9.17, 15) is 14.4 Å². The lowest BCUT2D eigenvalue weighted by Gasteiger charge is -2.24. The van der Waals surface area contributed by atoms with Crippen LogP contribution >= 0.6 is 0 Å². The van der Waals surface area contributed by atoms with E-state index in [1.807, 2.05) is 13.8 Å². The number of hydrogen-bond donors (Lipinski definition) is 0. The number of methoxy groups -OCH3 is 1. The minimum absolute atomic E-state index is 0. The number of rotatable bonds is 11. The molecule has 9 heteroatoms. The molecule has 0 aromatic heterocycles. The number of carbonyl (C=O) groups excluding carboxylic acids is 3. The highest BCUT2D eigenvalue weighted by molar-refractivity contribution is 5.78. The number of hydrogen-bond acceptors (Lipinski definition) is 9. The third-order valence-electron chi connectivity index (χ3n) is 2.93. The molecule has 9 nitrogen and oxygen atoms in total. The summed E-state index contributed by atoms with van der Waals surface area (Å²) in [7, 11) is 1.52. The molecule has 0 saturated heterocycles. The molecule has 28 heavy (non-hydrogen) atoms. The van der Waals surface area contributed by atoms with Gasteiger partial charge in [-0.25, -0.2) is 9.59 Å². The summed E-state index contributed by atoms with van der Waals surface area (Å²) in [5.74, 6) is -1.01. The molecule has 2 unspecified atom stereocenters. The van der Waals surface area contributed by atoms with Gasteiger partial charge in [0.2, 0.25) is 0 Å². The highest BCUT2D eigenvalue weighted by Crippen LogP contribution is 2.12. The largest absolute Gasteiger partial charge is 0.508 e. The Hall–Kier alpha value is -1.87. The van der Waals surface area contributed by atoms with Gasteiger partial charge in [0.15, 0.2) is 5.60 Å². The van der Waals surface area contributed by atoms with Crippen LogP contribution < -0.4 is 0 Å². The molecule has 0 spiro atoms. The van der Waals surface area contributed by atoms with E-state index in [0.29, 0.717) is 0 Å². The standard InChI is InChI=1S/C16H28O9.C2H6.CH4/c1-11(20-6)9-23-14(18)16(4,5)24-8-7-21-15(19)25-12(2)10-22-13(3)17;1-2;/h11-12H,7-10H2,1-6H3;1-2H3;1H4. The van der Waals surface area contributed by atoms with Gasteiger partial charge >= 0.3 is 18.1 Å². The van der Waals surface area contributed by atoms with Crippen LogP contribution in [0.2, 0.25) is 0 Å². The zero-order valence-corrected chi connectivity index (χ0v) is 17.7. The smallest absolute Gasteiger partial charge is 0.462 e. The molecule has 0 aromatic rings. The first-order valence-corrected chi connectivity index (χ1v) is 8.89. The topological polar surface area (TPSA) is 107 Å². The first-order valence-electron chi connectivity index (χ1n) is 8.89. The summed E-state index contributed by atoms with van der Waals surface area (Å²) in [6.07, 6.45) is -1.77. The first kappa shape index (κ1) is 30.8. The lowest BCUT2D eigenvalue weighted by atomic mass is 10.1. The maximum atomic E-state index is 11.9. The van der Waals surface area contributed by atoms with Crippen molar-refractivity contribution in [3.63, 3.8) is 0 Å². The Balaban J connectivity index is -0.00000201. The molecule has 0 rings (SSSR count). The van der Waals surface area contributed by atoms with Crippen molar-refractivity contribution in [2.24, 2.45) is 0 Å². The van der Waals surface area contributed by atoms with Crippen molar-refractivity contribution < 1.29 is 42.8 Å². The number of carbonyl (C=O) groups is 3. The van der Waals surface area contributed by atoms with E-state index in [1.165, 1.54) is 14.0 Å². The second-order valence-electron chi connectivity index (χ2n) is 5.83. The quantitative estimate of drug-likeness (QED) is 0.288. The van der Waals surface area contributed by atoms with E-state index in [-0.39, 0.29) is 40.0 Å². The molecule has 0 radical (unpaired) electrons. The van der Waals surface area contributed by atoms with Crippen LogP contribution in [0.4, 0.5) is 4.79 Å². The van der Waals surface area contributed by atoms with Crippen LogP contribution in [-0.4, -0.2) is 69.4 Å². The second kappa shape index (κ2) is 17.2. The molecule has 168 valence electrons. The lowest BCUT2D eigenvalue weighted by Crippen LogP contribution is -2.39. The SMILES string of the molecule is C.CC.COC(C)COC(=O)C(C)(C)OCCOC(=O)OC(C)COC(C)=O. The predicted octanol–water partition coefficient (Wildman–Crippen LogP) is 3.13. The van der Waals surface area contributed by atoms with E-state index in [1.54, 1.807) is 27.7 Å². The Morgan fingerprint density at radius 1 is 0.893 bits per heavy atom. The van der Waals surface area contributed by atoms with Crippen molar-refractivity contribution >= 4 is 18.1 Å². The van der Waals surface area contributed by atoms with E-state index in [0.717, 1.165) is 0 Å². The third-order valence-corrected chi connectivity index (χ3v) is 2.93. The van der Waals surface area contributed by atoms with Crippen LogP contribution in [0.5, 0.6) is 0 Å². The van der Waals surface area contributed by atoms with Gasteiger partial charge in [0, 0.05) is 14.0 Å². The minimum Gasteiger partial charge on any atom is -0.462 e. The maximum Gasteiger partial charge on any atom is 0.508 e. The summed E-state index contributed by atoms with van der Waals surface area (Å²) in [6, 6.07) is 0. The third kappa shape index (κ3) is 16.3. The van der Waals surface area contributed by atoms with E-state index < -0.39 is 29.8 Å². The molecule has 0 amide bonds. The van der Waals surface area contributed by atoms with Crippen LogP contribution in [0.1, 0.15) is 55.9 Å². The Bertz CT molecular complexity index is 435. The zero-order chi connectivity index (χ0) is 21.5. The van der Waals surface area contributed by atoms with Gasteiger partial charge in [0.05, 0.1) is 12.7 Å². The normalized spacial score (nSPS) is 12.3. The molecule has 0 aliphatic heterocycles. The van der Waals surface area contributed by atoms with E-state index >= 15 is 0 Å². The van der Waals surface area contributed by atoms with Gasteiger partial charge in [-0.05, 0) is 27.7 Å². The van der Waals surface area contributed by atoms with Crippen molar-refractivity contribution in [1.29, 1.82) is 0 Å². The van der Waals surface area contributed by atoms with Crippen molar-refractivity contribution in [2.75, 3.05) is 33.5 Å². The fraction of sp³-hybridized carbons (Fsp3) is 0.842. The molecule has 0 aromatic carbocycles. The second-order valence-corrected chi connectivity index (χ2v) is 5.83. The summed E-state index contributed by atoms with van der Waals surface area (Å²) in [4.78, 5) is 34.0. The Labute approximate surface area is 168 Å². The Morgan fingerprint density at radius 2 is 1.43 bits per heavy atom. The van der Waals surface area contributed by atoms with Gasteiger partial charge in [0.25, 0.3) is 0 Å². The molecule has 0 fully saturated rings. The lowest BCUT2D eigenvalue weighted by molar-refractivity contribution is -0.172. The summed E-state index contributed by atoms with van der Waals surface area (Å²) < 4.78 is 29.8. The van der Waals surface area contributed by atoms with E-state index in [2.05, 4.69) is 0 Å².